The first-order valence-corrected chi connectivity index (χ1v) is 15.7. The lowest BCUT2D eigenvalue weighted by molar-refractivity contribution is -0.274. The van der Waals surface area contributed by atoms with Gasteiger partial charge in [0.05, 0.1) is 11.7 Å². The number of halogens is 3. The van der Waals surface area contributed by atoms with E-state index in [-0.39, 0.29) is 23.9 Å². The Bertz CT molecular complexity index is 1660. The topological polar surface area (TPSA) is 84.6 Å². The van der Waals surface area contributed by atoms with Crippen molar-refractivity contribution in [3.8, 4) is 22.8 Å². The number of alkyl halides is 3. The molecule has 3 aromatic carbocycles. The summed E-state index contributed by atoms with van der Waals surface area (Å²) in [5.41, 5.74) is 6.84. The van der Waals surface area contributed by atoms with Gasteiger partial charge in [-0.3, -0.25) is 0 Å². The number of hydrogen-bond donors (Lipinski definition) is 1. The number of thioether (sulfide) groups is 1. The smallest absolute Gasteiger partial charge is 0.406 e. The fraction of sp³-hybridized carbons (Fsp3) is 0.333. The van der Waals surface area contributed by atoms with Crippen LogP contribution in [0.5, 0.6) is 5.75 Å². The Hall–Kier alpha value is -4.32. The van der Waals surface area contributed by atoms with Gasteiger partial charge in [-0.2, -0.15) is 4.99 Å². The Morgan fingerprint density at radius 3 is 2.38 bits per heavy atom. The van der Waals surface area contributed by atoms with Crippen molar-refractivity contribution in [2.45, 2.75) is 65.9 Å². The Morgan fingerprint density at radius 2 is 1.76 bits per heavy atom. The van der Waals surface area contributed by atoms with Crippen LogP contribution in [-0.4, -0.2) is 44.1 Å². The summed E-state index contributed by atoms with van der Waals surface area (Å²) >= 11 is 1.60. The Morgan fingerprint density at radius 1 is 1.09 bits per heavy atom. The standard InChI is InChI=1S/C33H35F3N6O2S/c1-6-28(38-31(43)39-32-42(23(5)15-16-45-32)29-21(3)17-20(2)18-22(29)4)24-7-9-25(10-8-24)30-37-19-41(40-30)26-11-13-27(14-12-26)44-33(34,35)36/h7-14,17-19,23,28H,6,15-16H2,1-5H3,(H,38,43)/b39-32-. The molecule has 1 N–H and O–H groups in total. The first-order chi connectivity index (χ1) is 21.4. The molecule has 2 unspecified atom stereocenters. The van der Waals surface area contributed by atoms with Crippen LogP contribution >= 0.6 is 11.8 Å². The molecule has 1 aliphatic rings. The van der Waals surface area contributed by atoms with Gasteiger partial charge in [-0.05, 0) is 81.5 Å². The van der Waals surface area contributed by atoms with Gasteiger partial charge in [-0.1, -0.05) is 60.6 Å². The van der Waals surface area contributed by atoms with E-state index in [0.717, 1.165) is 40.1 Å². The van der Waals surface area contributed by atoms with Crippen molar-refractivity contribution < 1.29 is 22.7 Å². The fourth-order valence-electron chi connectivity index (χ4n) is 5.54. The highest BCUT2D eigenvalue weighted by molar-refractivity contribution is 8.14. The molecular weight excluding hydrogens is 601 g/mol. The van der Waals surface area contributed by atoms with Gasteiger partial charge >= 0.3 is 12.4 Å². The number of hydrogen-bond acceptors (Lipinski definition) is 5. The maximum atomic E-state index is 13.3. The summed E-state index contributed by atoms with van der Waals surface area (Å²) in [7, 11) is 0. The summed E-state index contributed by atoms with van der Waals surface area (Å²) in [5.74, 6) is 1.03. The van der Waals surface area contributed by atoms with Crippen molar-refractivity contribution in [3.05, 3.63) is 89.2 Å². The molecule has 2 atom stereocenters. The summed E-state index contributed by atoms with van der Waals surface area (Å²) in [6, 6.07) is 16.9. The zero-order valence-electron chi connectivity index (χ0n) is 25.7. The van der Waals surface area contributed by atoms with Crippen LogP contribution in [0, 0.1) is 20.8 Å². The van der Waals surface area contributed by atoms with Crippen LogP contribution in [0.25, 0.3) is 17.1 Å². The van der Waals surface area contributed by atoms with E-state index in [4.69, 9.17) is 0 Å². The minimum atomic E-state index is -4.75. The summed E-state index contributed by atoms with van der Waals surface area (Å²) in [6.07, 6.45) is -1.60. The van der Waals surface area contributed by atoms with E-state index < -0.39 is 6.36 Å². The molecule has 5 rings (SSSR count). The largest absolute Gasteiger partial charge is 0.573 e. The van der Waals surface area contributed by atoms with E-state index >= 15 is 0 Å². The van der Waals surface area contributed by atoms with Crippen molar-refractivity contribution in [2.24, 2.45) is 4.99 Å². The van der Waals surface area contributed by atoms with Gasteiger partial charge in [-0.15, -0.1) is 18.3 Å². The monoisotopic (exact) mass is 636 g/mol. The van der Waals surface area contributed by atoms with E-state index in [0.29, 0.717) is 23.1 Å². The first kappa shape index (κ1) is 32.1. The van der Waals surface area contributed by atoms with Crippen molar-refractivity contribution in [1.82, 2.24) is 20.1 Å². The van der Waals surface area contributed by atoms with Crippen molar-refractivity contribution in [3.63, 3.8) is 0 Å². The molecule has 12 heteroatoms. The lowest BCUT2D eigenvalue weighted by atomic mass is 10.0. The maximum absolute atomic E-state index is 13.3. The predicted molar refractivity (Wildman–Crippen MR) is 172 cm³/mol. The lowest BCUT2D eigenvalue weighted by Gasteiger charge is -2.37. The summed E-state index contributed by atoms with van der Waals surface area (Å²) in [4.78, 5) is 24.4. The van der Waals surface area contributed by atoms with E-state index in [1.807, 2.05) is 31.2 Å². The highest BCUT2D eigenvalue weighted by Gasteiger charge is 2.31. The van der Waals surface area contributed by atoms with E-state index in [2.05, 4.69) is 69.9 Å². The van der Waals surface area contributed by atoms with Crippen LogP contribution < -0.4 is 15.0 Å². The van der Waals surface area contributed by atoms with Crippen molar-refractivity contribution in [1.29, 1.82) is 0 Å². The number of urea groups is 1. The minimum absolute atomic E-state index is 0.215. The third-order valence-electron chi connectivity index (χ3n) is 7.59. The SMILES string of the molecule is CCC(NC(=O)/N=C1\SCCC(C)N1c1c(C)cc(C)cc1C)c1ccc(-c2ncn(-c3ccc(OC(F)(F)F)cc3)n2)cc1. The second-order valence-electron chi connectivity index (χ2n) is 11.1. The fourth-order valence-corrected chi connectivity index (χ4v) is 6.74. The molecule has 0 spiro atoms. The van der Waals surface area contributed by atoms with Crippen LogP contribution in [0.15, 0.2) is 72.0 Å². The molecule has 2 heterocycles. The highest BCUT2D eigenvalue weighted by Crippen LogP contribution is 2.35. The van der Waals surface area contributed by atoms with Gasteiger partial charge < -0.3 is 15.0 Å². The molecule has 0 aliphatic carbocycles. The Labute approximate surface area is 264 Å². The van der Waals surface area contributed by atoms with Gasteiger partial charge in [0.2, 0.25) is 0 Å². The molecule has 45 heavy (non-hydrogen) atoms. The zero-order chi connectivity index (χ0) is 32.3. The Balaban J connectivity index is 1.28. The van der Waals surface area contributed by atoms with Crippen LogP contribution in [0.3, 0.4) is 0 Å². The zero-order valence-corrected chi connectivity index (χ0v) is 26.5. The molecule has 0 saturated carbocycles. The molecule has 1 aromatic heterocycles. The van der Waals surface area contributed by atoms with Crippen LogP contribution in [-0.2, 0) is 0 Å². The number of nitrogens with one attached hydrogen (secondary N) is 1. The second kappa shape index (κ2) is 13.4. The summed E-state index contributed by atoms with van der Waals surface area (Å²) in [6.45, 7) is 10.5. The Kier molecular flexibility index (Phi) is 9.52. The highest BCUT2D eigenvalue weighted by atomic mass is 32.2. The number of carbonyl (C=O) groups excluding carboxylic acids is 1. The number of carbonyl (C=O) groups is 1. The molecule has 8 nitrogen and oxygen atoms in total. The van der Waals surface area contributed by atoms with Crippen LogP contribution in [0.1, 0.15) is 55.0 Å². The van der Waals surface area contributed by atoms with Gasteiger partial charge in [-0.25, -0.2) is 14.5 Å². The van der Waals surface area contributed by atoms with Gasteiger partial charge in [0.25, 0.3) is 0 Å². The van der Waals surface area contributed by atoms with Crippen LogP contribution in [0.2, 0.25) is 0 Å². The number of anilines is 1. The quantitative estimate of drug-likeness (QED) is 0.220. The second-order valence-corrected chi connectivity index (χ2v) is 12.1. The molecule has 0 radical (unpaired) electrons. The molecule has 236 valence electrons. The number of aliphatic imine (C=N–C) groups is 1. The molecule has 1 fully saturated rings. The molecule has 4 aromatic rings. The van der Waals surface area contributed by atoms with E-state index in [1.165, 1.54) is 40.8 Å². The molecule has 1 aliphatic heterocycles. The molecule has 2 amide bonds. The third-order valence-corrected chi connectivity index (χ3v) is 8.58. The van der Waals surface area contributed by atoms with Crippen LogP contribution in [0.4, 0.5) is 23.7 Å². The number of rotatable bonds is 7. The number of aryl methyl sites for hydroxylation is 3. The first-order valence-electron chi connectivity index (χ1n) is 14.7. The molecule has 0 bridgehead atoms. The average molecular weight is 637 g/mol. The molecule has 1 saturated heterocycles. The summed E-state index contributed by atoms with van der Waals surface area (Å²) < 4.78 is 42.8. The van der Waals surface area contributed by atoms with Gasteiger partial charge in [0.1, 0.15) is 12.1 Å². The van der Waals surface area contributed by atoms with Gasteiger partial charge in [0, 0.05) is 23.0 Å². The average Bonchev–Trinajstić information content (AvgIpc) is 3.47. The minimum Gasteiger partial charge on any atom is -0.406 e. The maximum Gasteiger partial charge on any atom is 0.573 e. The summed E-state index contributed by atoms with van der Waals surface area (Å²) in [5, 5.41) is 8.25. The van der Waals surface area contributed by atoms with Crippen molar-refractivity contribution >= 4 is 28.6 Å². The number of aromatic nitrogens is 3. The van der Waals surface area contributed by atoms with E-state index in [1.54, 1.807) is 11.8 Å². The van der Waals surface area contributed by atoms with Gasteiger partial charge in [0.15, 0.2) is 11.0 Å². The number of nitrogens with zero attached hydrogens (tertiary/aromatic N) is 5. The molecular formula is C33H35F3N6O2S. The third kappa shape index (κ3) is 7.67. The predicted octanol–water partition coefficient (Wildman–Crippen LogP) is 8.31. The number of amidine groups is 1. The number of benzene rings is 3. The number of amides is 2. The lowest BCUT2D eigenvalue weighted by Crippen LogP contribution is -2.43. The number of ether oxygens (including phenoxy) is 1. The normalized spacial score (nSPS) is 16.9. The van der Waals surface area contributed by atoms with Crippen molar-refractivity contribution in [2.75, 3.05) is 10.7 Å². The van der Waals surface area contributed by atoms with E-state index in [9.17, 15) is 18.0 Å².